The maximum atomic E-state index is 13.1. The summed E-state index contributed by atoms with van der Waals surface area (Å²) in [6.45, 7) is 0.700. The van der Waals surface area contributed by atoms with Gasteiger partial charge in [-0.05, 0) is 42.5 Å². The molecule has 2 aliphatic rings. The number of nitrogens with one attached hydrogen (secondary N) is 2. The van der Waals surface area contributed by atoms with Gasteiger partial charge in [0.2, 0.25) is 5.91 Å². The van der Waals surface area contributed by atoms with Crippen LogP contribution in [0.15, 0.2) is 18.2 Å². The average molecular weight is 248 g/mol. The fraction of sp³-hybridized carbons (Fsp3) is 0.500. The molecular formula is C14H17FN2O. The van der Waals surface area contributed by atoms with Gasteiger partial charge in [0.1, 0.15) is 5.82 Å². The first-order valence-corrected chi connectivity index (χ1v) is 6.53. The van der Waals surface area contributed by atoms with E-state index in [2.05, 4.69) is 10.6 Å². The number of rotatable bonds is 2. The van der Waals surface area contributed by atoms with Gasteiger partial charge in [-0.3, -0.25) is 4.79 Å². The minimum absolute atomic E-state index is 0.141. The summed E-state index contributed by atoms with van der Waals surface area (Å²) in [6.07, 6.45) is 3.44. The summed E-state index contributed by atoms with van der Waals surface area (Å²) in [7, 11) is 0. The topological polar surface area (TPSA) is 41.1 Å². The first kappa shape index (κ1) is 11.7. The number of fused-ring (bicyclic) bond motifs is 1. The molecule has 0 spiro atoms. The molecule has 0 bridgehead atoms. The van der Waals surface area contributed by atoms with Crippen LogP contribution in [0.5, 0.6) is 0 Å². The van der Waals surface area contributed by atoms with Gasteiger partial charge in [-0.15, -0.1) is 0 Å². The van der Waals surface area contributed by atoms with Crippen LogP contribution in [0.2, 0.25) is 0 Å². The smallest absolute Gasteiger partial charge is 0.220 e. The Balaban J connectivity index is 1.67. The molecular weight excluding hydrogens is 231 g/mol. The molecule has 1 heterocycles. The number of aryl methyl sites for hydroxylation is 1. The van der Waals surface area contributed by atoms with Gasteiger partial charge < -0.3 is 10.6 Å². The lowest BCUT2D eigenvalue weighted by Gasteiger charge is -2.27. The third kappa shape index (κ3) is 2.25. The lowest BCUT2D eigenvalue weighted by atomic mass is 10.0. The molecule has 3 rings (SSSR count). The molecule has 1 aromatic carbocycles. The van der Waals surface area contributed by atoms with Gasteiger partial charge in [-0.2, -0.15) is 0 Å². The summed E-state index contributed by atoms with van der Waals surface area (Å²) in [4.78, 5) is 11.1. The van der Waals surface area contributed by atoms with Crippen LogP contribution in [0.25, 0.3) is 0 Å². The molecule has 3 nitrogen and oxygen atoms in total. The predicted octanol–water partition coefficient (Wildman–Crippen LogP) is 1.68. The van der Waals surface area contributed by atoms with Crippen molar-refractivity contribution in [1.29, 1.82) is 0 Å². The number of amides is 1. The van der Waals surface area contributed by atoms with E-state index in [0.717, 1.165) is 24.8 Å². The molecule has 1 aliphatic carbocycles. The maximum Gasteiger partial charge on any atom is 0.220 e. The largest absolute Gasteiger partial charge is 0.355 e. The Kier molecular flexibility index (Phi) is 3.04. The fourth-order valence-corrected chi connectivity index (χ4v) is 2.92. The minimum atomic E-state index is -0.153. The summed E-state index contributed by atoms with van der Waals surface area (Å²) < 4.78 is 13.1. The van der Waals surface area contributed by atoms with Gasteiger partial charge >= 0.3 is 0 Å². The van der Waals surface area contributed by atoms with Crippen LogP contribution in [0.3, 0.4) is 0 Å². The molecule has 0 saturated carbocycles. The number of piperidine rings is 1. The highest BCUT2D eigenvalue weighted by molar-refractivity contribution is 5.76. The van der Waals surface area contributed by atoms with E-state index in [1.807, 2.05) is 6.07 Å². The van der Waals surface area contributed by atoms with Crippen molar-refractivity contribution in [2.75, 3.05) is 6.54 Å². The standard InChI is InChI=1S/C14H17FN2O/c15-10-2-4-12-9(7-10)1-5-13(12)17-11-3-6-14(18)16-8-11/h2,4,7,11,13,17H,1,3,5-6,8H2,(H,16,18). The van der Waals surface area contributed by atoms with Gasteiger partial charge in [-0.25, -0.2) is 4.39 Å². The number of benzene rings is 1. The minimum Gasteiger partial charge on any atom is -0.355 e. The van der Waals surface area contributed by atoms with Crippen LogP contribution in [0, 0.1) is 5.82 Å². The maximum absolute atomic E-state index is 13.1. The zero-order valence-corrected chi connectivity index (χ0v) is 10.2. The Morgan fingerprint density at radius 2 is 2.17 bits per heavy atom. The van der Waals surface area contributed by atoms with Gasteiger partial charge in [0.05, 0.1) is 0 Å². The molecule has 1 fully saturated rings. The molecule has 18 heavy (non-hydrogen) atoms. The van der Waals surface area contributed by atoms with E-state index in [1.54, 1.807) is 6.07 Å². The summed E-state index contributed by atoms with van der Waals surface area (Å²) in [5.41, 5.74) is 2.33. The molecule has 96 valence electrons. The van der Waals surface area contributed by atoms with Crippen molar-refractivity contribution in [2.24, 2.45) is 0 Å². The van der Waals surface area contributed by atoms with Crippen molar-refractivity contribution >= 4 is 5.91 Å². The first-order chi connectivity index (χ1) is 8.72. The van der Waals surface area contributed by atoms with E-state index in [4.69, 9.17) is 0 Å². The average Bonchev–Trinajstić information content (AvgIpc) is 2.74. The highest BCUT2D eigenvalue weighted by Crippen LogP contribution is 2.32. The van der Waals surface area contributed by atoms with Gasteiger partial charge in [0.15, 0.2) is 0 Å². The number of hydrogen-bond donors (Lipinski definition) is 2. The zero-order chi connectivity index (χ0) is 12.5. The van der Waals surface area contributed by atoms with Crippen molar-refractivity contribution < 1.29 is 9.18 Å². The molecule has 1 aliphatic heterocycles. The lowest BCUT2D eigenvalue weighted by Crippen LogP contribution is -2.46. The Labute approximate surface area is 106 Å². The van der Waals surface area contributed by atoms with Gasteiger partial charge in [0, 0.05) is 25.0 Å². The molecule has 0 aromatic heterocycles. The molecule has 1 saturated heterocycles. The van der Waals surface area contributed by atoms with Crippen molar-refractivity contribution in [3.8, 4) is 0 Å². The van der Waals surface area contributed by atoms with E-state index in [0.29, 0.717) is 25.0 Å². The van der Waals surface area contributed by atoms with Crippen molar-refractivity contribution in [3.63, 3.8) is 0 Å². The van der Waals surface area contributed by atoms with E-state index in [9.17, 15) is 9.18 Å². The van der Waals surface area contributed by atoms with Gasteiger partial charge in [-0.1, -0.05) is 6.07 Å². The predicted molar refractivity (Wildman–Crippen MR) is 66.6 cm³/mol. The second-order valence-corrected chi connectivity index (χ2v) is 5.14. The normalized spacial score (nSPS) is 26.8. The number of halogens is 1. The fourth-order valence-electron chi connectivity index (χ4n) is 2.92. The van der Waals surface area contributed by atoms with Crippen LogP contribution < -0.4 is 10.6 Å². The summed E-state index contributed by atoms with van der Waals surface area (Å²) in [5, 5.41) is 6.45. The van der Waals surface area contributed by atoms with Gasteiger partial charge in [0.25, 0.3) is 0 Å². The van der Waals surface area contributed by atoms with Crippen LogP contribution in [-0.2, 0) is 11.2 Å². The zero-order valence-electron chi connectivity index (χ0n) is 10.2. The quantitative estimate of drug-likeness (QED) is 0.836. The van der Waals surface area contributed by atoms with Crippen LogP contribution in [0.1, 0.15) is 36.4 Å². The summed E-state index contributed by atoms with van der Waals surface area (Å²) >= 11 is 0. The number of hydrogen-bond acceptors (Lipinski definition) is 2. The highest BCUT2D eigenvalue weighted by atomic mass is 19.1. The van der Waals surface area contributed by atoms with E-state index >= 15 is 0 Å². The molecule has 0 radical (unpaired) electrons. The Morgan fingerprint density at radius 3 is 2.94 bits per heavy atom. The second-order valence-electron chi connectivity index (χ2n) is 5.14. The number of carbonyl (C=O) groups is 1. The monoisotopic (exact) mass is 248 g/mol. The van der Waals surface area contributed by atoms with Crippen molar-refractivity contribution in [3.05, 3.63) is 35.1 Å². The number of carbonyl (C=O) groups excluding carboxylic acids is 1. The van der Waals surface area contributed by atoms with Crippen molar-refractivity contribution in [2.45, 2.75) is 37.8 Å². The Morgan fingerprint density at radius 1 is 1.28 bits per heavy atom. The molecule has 2 unspecified atom stereocenters. The van der Waals surface area contributed by atoms with Crippen LogP contribution in [0.4, 0.5) is 4.39 Å². The SMILES string of the molecule is O=C1CCC(NC2CCc3cc(F)ccc32)CN1. The molecule has 1 amide bonds. The van der Waals surface area contributed by atoms with Crippen molar-refractivity contribution in [1.82, 2.24) is 10.6 Å². The van der Waals surface area contributed by atoms with E-state index in [1.165, 1.54) is 11.6 Å². The third-order valence-corrected chi connectivity index (χ3v) is 3.89. The Hall–Kier alpha value is -1.42. The molecule has 2 atom stereocenters. The highest BCUT2D eigenvalue weighted by Gasteiger charge is 2.26. The first-order valence-electron chi connectivity index (χ1n) is 6.53. The van der Waals surface area contributed by atoms with Crippen LogP contribution in [-0.4, -0.2) is 18.5 Å². The Bertz CT molecular complexity index is 465. The van der Waals surface area contributed by atoms with E-state index < -0.39 is 0 Å². The second kappa shape index (κ2) is 4.69. The molecule has 1 aromatic rings. The molecule has 4 heteroatoms. The lowest BCUT2D eigenvalue weighted by molar-refractivity contribution is -0.122. The third-order valence-electron chi connectivity index (χ3n) is 3.89. The summed E-state index contributed by atoms with van der Waals surface area (Å²) in [6, 6.07) is 5.70. The summed E-state index contributed by atoms with van der Waals surface area (Å²) in [5.74, 6) is -0.0127. The molecule has 2 N–H and O–H groups in total. The van der Waals surface area contributed by atoms with Crippen LogP contribution >= 0.6 is 0 Å². The van der Waals surface area contributed by atoms with E-state index in [-0.39, 0.29) is 11.7 Å².